The number of alkyl halides is 4. The van der Waals surface area contributed by atoms with E-state index in [2.05, 4.69) is 9.97 Å². The van der Waals surface area contributed by atoms with Gasteiger partial charge in [0.2, 0.25) is 0 Å². The van der Waals surface area contributed by atoms with E-state index in [1.807, 2.05) is 11.0 Å². The number of halogens is 6. The molecular weight excluding hydrogens is 710 g/mol. The van der Waals surface area contributed by atoms with Crippen molar-refractivity contribution in [3.63, 3.8) is 0 Å². The van der Waals surface area contributed by atoms with Gasteiger partial charge in [-0.25, -0.2) is 18.0 Å². The van der Waals surface area contributed by atoms with Crippen LogP contribution < -0.4 is 15.4 Å². The predicted octanol–water partition coefficient (Wildman–Crippen LogP) is 6.55. The Hall–Kier alpha value is -4.56. The van der Waals surface area contributed by atoms with Crippen molar-refractivity contribution in [2.45, 2.75) is 62.6 Å². The van der Waals surface area contributed by atoms with Crippen LogP contribution in [0.25, 0.3) is 32.1 Å². The number of ether oxygens (including phenoxy) is 1. The van der Waals surface area contributed by atoms with Crippen molar-refractivity contribution >= 4 is 49.2 Å². The van der Waals surface area contributed by atoms with Crippen molar-refractivity contribution in [2.75, 3.05) is 57.0 Å². The molecule has 2 aromatic heterocycles. The van der Waals surface area contributed by atoms with Crippen molar-refractivity contribution < 1.29 is 35.9 Å². The molecule has 274 valence electrons. The molecule has 52 heavy (non-hydrogen) atoms. The molecule has 10 nitrogen and oxygen atoms in total. The Labute approximate surface area is 298 Å². The first kappa shape index (κ1) is 34.5. The molecule has 17 heteroatoms. The Kier molecular flexibility index (Phi) is 8.14. The number of amides is 2. The lowest BCUT2D eigenvalue weighted by molar-refractivity contribution is -0.137. The molecule has 2 amide bonds. The van der Waals surface area contributed by atoms with Gasteiger partial charge < -0.3 is 25.2 Å². The minimum absolute atomic E-state index is 0.0114. The van der Waals surface area contributed by atoms with E-state index in [9.17, 15) is 18.8 Å². The maximum absolute atomic E-state index is 17.2. The zero-order chi connectivity index (χ0) is 36.9. The molecule has 6 heterocycles. The number of carbonyl (C=O) groups is 1. The fraction of sp³-hybridized carbons (Fsp3) is 0.486. The average molecular weight is 745 g/mol. The third-order valence-electron chi connectivity index (χ3n) is 11.1. The van der Waals surface area contributed by atoms with Crippen LogP contribution in [0.2, 0.25) is 0 Å². The number of likely N-dealkylation sites (N-methyl/N-ethyl adjacent to an activating group) is 2. The number of nitrogens with two attached hydrogens (primary N) is 1. The number of carbonyl (C=O) groups excluding carboxylic acids is 1. The van der Waals surface area contributed by atoms with Crippen LogP contribution >= 0.6 is 11.3 Å². The lowest BCUT2D eigenvalue weighted by atomic mass is 9.92. The monoisotopic (exact) mass is 744 g/mol. The lowest BCUT2D eigenvalue weighted by Gasteiger charge is -2.32. The van der Waals surface area contributed by atoms with Gasteiger partial charge >= 0.3 is 18.2 Å². The van der Waals surface area contributed by atoms with E-state index < -0.39 is 46.2 Å². The fourth-order valence-electron chi connectivity index (χ4n) is 8.84. The number of hydrogen-bond acceptors (Lipinski definition) is 9. The second kappa shape index (κ2) is 12.3. The highest BCUT2D eigenvalue weighted by Crippen LogP contribution is 2.49. The van der Waals surface area contributed by atoms with E-state index in [0.29, 0.717) is 37.3 Å². The predicted molar refractivity (Wildman–Crippen MR) is 183 cm³/mol. The second-order valence-electron chi connectivity index (χ2n) is 14.1. The summed E-state index contributed by atoms with van der Waals surface area (Å²) < 4.78 is 98.0. The Bertz CT molecular complexity index is 2170. The molecule has 2 N–H and O–H groups in total. The first-order valence-corrected chi connectivity index (χ1v) is 17.9. The summed E-state index contributed by atoms with van der Waals surface area (Å²) in [6, 6.07) is 3.58. The largest absolute Gasteiger partial charge is 0.461 e. The van der Waals surface area contributed by atoms with Gasteiger partial charge in [0.15, 0.2) is 5.82 Å². The summed E-state index contributed by atoms with van der Waals surface area (Å²) in [6.45, 7) is 3.72. The molecule has 8 rings (SSSR count). The van der Waals surface area contributed by atoms with Gasteiger partial charge in [-0.2, -0.15) is 28.4 Å². The molecule has 0 saturated carbocycles. The fourth-order valence-corrected chi connectivity index (χ4v) is 9.79. The SMILES string of the molecule is CCN(c1nc(OC[C@@]23CCCN2C[C@H](F)C3)nc2c(F)c(-c3ccc(F)c4sc(N)c(C#N)c34)c(C(F)(F)F)cc12)[C@H]1C[C@@H]2CN(C)C(=O)N2C1. The summed E-state index contributed by atoms with van der Waals surface area (Å²) in [5, 5.41) is 9.26. The lowest BCUT2D eigenvalue weighted by Crippen LogP contribution is -2.43. The van der Waals surface area contributed by atoms with Crippen LogP contribution in [0.1, 0.15) is 43.7 Å². The third-order valence-corrected chi connectivity index (χ3v) is 12.2. The van der Waals surface area contributed by atoms with E-state index in [1.54, 1.807) is 28.7 Å². The van der Waals surface area contributed by atoms with Crippen LogP contribution in [0.3, 0.4) is 0 Å². The maximum atomic E-state index is 17.2. The highest BCUT2D eigenvalue weighted by atomic mass is 32.1. The van der Waals surface area contributed by atoms with Crippen LogP contribution in [0.15, 0.2) is 18.2 Å². The van der Waals surface area contributed by atoms with E-state index in [1.165, 1.54) is 0 Å². The standard InChI is InChI=1S/C35H34F6N8O2S/c1-3-48(19-9-18-14-46(2)33(50)49(18)15-19)31-21-10-23(35(39,40)41)26(20-5-6-24(37)29-25(20)22(12-42)30(43)52-29)27(38)28(21)44-32(45-31)51-16-34-7-4-8-47(34)13-17(36)11-34/h5-6,10,17-19H,3-4,7-9,11,13-16,43H2,1-2H3/t17-,18-,19+,34+/m1/s1. The Morgan fingerprint density at radius 1 is 1.21 bits per heavy atom. The first-order chi connectivity index (χ1) is 24.7. The molecule has 0 spiro atoms. The Morgan fingerprint density at radius 3 is 2.71 bits per heavy atom. The van der Waals surface area contributed by atoms with Gasteiger partial charge in [-0.05, 0) is 50.4 Å². The van der Waals surface area contributed by atoms with Crippen LogP contribution in [0.4, 0.5) is 42.0 Å². The van der Waals surface area contributed by atoms with Gasteiger partial charge in [-0.1, -0.05) is 6.07 Å². The van der Waals surface area contributed by atoms with Crippen LogP contribution in [-0.4, -0.2) is 101 Å². The number of hydrogen-bond donors (Lipinski definition) is 1. The van der Waals surface area contributed by atoms with Gasteiger partial charge in [0.1, 0.15) is 41.0 Å². The topological polar surface area (TPSA) is 115 Å². The molecule has 4 aliphatic rings. The molecule has 4 aliphatic heterocycles. The molecule has 4 atom stereocenters. The van der Waals surface area contributed by atoms with Crippen molar-refractivity contribution in [1.82, 2.24) is 24.7 Å². The first-order valence-electron chi connectivity index (χ1n) is 17.1. The summed E-state index contributed by atoms with van der Waals surface area (Å²) in [5.41, 5.74) is 1.93. The highest BCUT2D eigenvalue weighted by molar-refractivity contribution is 7.23. The number of anilines is 2. The number of nitrogen functional groups attached to an aromatic ring is 1. The van der Waals surface area contributed by atoms with Crippen molar-refractivity contribution in [3.05, 3.63) is 41.0 Å². The van der Waals surface area contributed by atoms with Crippen LogP contribution in [0.5, 0.6) is 6.01 Å². The summed E-state index contributed by atoms with van der Waals surface area (Å²) >= 11 is 0.683. The normalized spacial score (nSPS) is 24.7. The Balaban J connectivity index is 1.33. The summed E-state index contributed by atoms with van der Waals surface area (Å²) in [5.74, 6) is -2.21. The Morgan fingerprint density at radius 2 is 2.00 bits per heavy atom. The molecule has 0 radical (unpaired) electrons. The van der Waals surface area contributed by atoms with Crippen molar-refractivity contribution in [3.8, 4) is 23.2 Å². The van der Waals surface area contributed by atoms with E-state index in [-0.39, 0.29) is 94.2 Å². The molecule has 4 fully saturated rings. The number of benzene rings is 2. The van der Waals surface area contributed by atoms with Crippen LogP contribution in [-0.2, 0) is 6.18 Å². The smallest absolute Gasteiger partial charge is 0.417 e. The quantitative estimate of drug-likeness (QED) is 0.212. The maximum Gasteiger partial charge on any atom is 0.417 e. The van der Waals surface area contributed by atoms with Crippen molar-refractivity contribution in [2.24, 2.45) is 0 Å². The number of aromatic nitrogens is 2. The summed E-state index contributed by atoms with van der Waals surface area (Å²) in [6.07, 6.45) is -3.95. The molecule has 4 aromatic rings. The summed E-state index contributed by atoms with van der Waals surface area (Å²) in [4.78, 5) is 28.9. The number of nitriles is 1. The van der Waals surface area contributed by atoms with Gasteiger partial charge in [-0.15, -0.1) is 11.3 Å². The zero-order valence-electron chi connectivity index (χ0n) is 28.2. The second-order valence-corrected chi connectivity index (χ2v) is 15.2. The molecule has 0 unspecified atom stereocenters. The van der Waals surface area contributed by atoms with E-state index in [0.717, 1.165) is 24.6 Å². The molecule has 0 bridgehead atoms. The molecular formula is C35H34F6N8O2S. The zero-order valence-corrected chi connectivity index (χ0v) is 29.1. The highest BCUT2D eigenvalue weighted by Gasteiger charge is 2.50. The van der Waals surface area contributed by atoms with Crippen molar-refractivity contribution in [1.29, 1.82) is 5.26 Å². The third kappa shape index (κ3) is 5.27. The average Bonchev–Trinajstić information content (AvgIpc) is 3.88. The summed E-state index contributed by atoms with van der Waals surface area (Å²) in [7, 11) is 1.70. The van der Waals surface area contributed by atoms with Gasteiger partial charge in [0.05, 0.1) is 33.4 Å². The number of fused-ring (bicyclic) bond motifs is 4. The molecule has 2 aromatic carbocycles. The molecule has 4 saturated heterocycles. The van der Waals surface area contributed by atoms with E-state index in [4.69, 9.17) is 10.5 Å². The van der Waals surface area contributed by atoms with Crippen LogP contribution in [0, 0.1) is 23.0 Å². The van der Waals surface area contributed by atoms with Gasteiger partial charge in [0, 0.05) is 56.0 Å². The molecule has 0 aliphatic carbocycles. The number of urea groups is 1. The minimum Gasteiger partial charge on any atom is -0.461 e. The van der Waals surface area contributed by atoms with Gasteiger partial charge in [-0.3, -0.25) is 4.90 Å². The number of thiophene rings is 1. The number of rotatable bonds is 7. The van der Waals surface area contributed by atoms with Gasteiger partial charge in [0.25, 0.3) is 0 Å². The minimum atomic E-state index is -5.12. The van der Waals surface area contributed by atoms with E-state index >= 15 is 17.6 Å². The number of nitrogens with zero attached hydrogens (tertiary/aromatic N) is 7.